The van der Waals surface area contributed by atoms with Gasteiger partial charge in [0.1, 0.15) is 5.52 Å². The maximum atomic E-state index is 12.9. The Labute approximate surface area is 240 Å². The molecule has 0 saturated heterocycles. The number of fused-ring (bicyclic) bond motifs is 8. The van der Waals surface area contributed by atoms with Gasteiger partial charge in [0.15, 0.2) is 12.0 Å². The lowest BCUT2D eigenvalue weighted by atomic mass is 9.34. The monoisotopic (exact) mass is 544 g/mol. The number of amides is 2. The molecule has 2 amide bonds. The summed E-state index contributed by atoms with van der Waals surface area (Å²) in [5.41, 5.74) is 7.27. The van der Waals surface area contributed by atoms with Crippen LogP contribution in [0.5, 0.6) is 0 Å². The number of hydrogen-bond acceptors (Lipinski definition) is 4. The number of allylic oxidation sites excluding steroid dienone is 3. The van der Waals surface area contributed by atoms with Gasteiger partial charge in [-0.15, -0.1) is 0 Å². The first-order valence-electron chi connectivity index (χ1n) is 15.2. The molecule has 0 radical (unpaired) electrons. The van der Waals surface area contributed by atoms with E-state index >= 15 is 0 Å². The summed E-state index contributed by atoms with van der Waals surface area (Å²) >= 11 is 0. The number of hydrogen-bond donors (Lipinski definition) is 2. The third-order valence-electron chi connectivity index (χ3n) is 12.4. The Balaban J connectivity index is 1.35. The summed E-state index contributed by atoms with van der Waals surface area (Å²) in [6.45, 7) is 16.1. The van der Waals surface area contributed by atoms with Crippen molar-refractivity contribution in [2.24, 2.45) is 27.6 Å². The second kappa shape index (κ2) is 8.95. The number of oxazole rings is 1. The standard InChI is InChI=1S/C34H48N4O2/c1-22-23-9-11-32(4)25(24(23)19-26-28(22)40-21-36-26)10-12-33(5)27-20-31(3,37-29(39)35-17-18-38(7)8)15-13-30(27,2)14-16-34(32,33)6/h9-11,19,21,27H,12-18,20H2,1-8H3,(H2,35,37,39)/t27-,30-,31-,32-,33+,34-/m1/s1. The van der Waals surface area contributed by atoms with E-state index in [4.69, 9.17) is 4.42 Å². The van der Waals surface area contributed by atoms with Crippen molar-refractivity contribution in [2.75, 3.05) is 27.2 Å². The van der Waals surface area contributed by atoms with Gasteiger partial charge in [-0.25, -0.2) is 9.78 Å². The molecule has 216 valence electrons. The zero-order chi connectivity index (χ0) is 28.7. The minimum absolute atomic E-state index is 0.0316. The number of urea groups is 1. The smallest absolute Gasteiger partial charge is 0.315 e. The Morgan fingerprint density at radius 1 is 1.12 bits per heavy atom. The first-order valence-corrected chi connectivity index (χ1v) is 15.2. The van der Waals surface area contributed by atoms with Gasteiger partial charge in [0.05, 0.1) is 0 Å². The van der Waals surface area contributed by atoms with Crippen LogP contribution in [0.1, 0.15) is 89.8 Å². The molecule has 2 aromatic rings. The van der Waals surface area contributed by atoms with Crippen molar-refractivity contribution < 1.29 is 9.21 Å². The number of likely N-dealkylation sites (N-methyl/N-ethyl adjacent to an activating group) is 1. The molecule has 2 fully saturated rings. The molecule has 1 heterocycles. The van der Waals surface area contributed by atoms with E-state index in [-0.39, 0.29) is 33.2 Å². The second-order valence-corrected chi connectivity index (χ2v) is 14.9. The zero-order valence-electron chi connectivity index (χ0n) is 25.8. The lowest BCUT2D eigenvalue weighted by Gasteiger charge is -2.70. The molecule has 2 N–H and O–H groups in total. The number of rotatable bonds is 4. The first kappa shape index (κ1) is 27.6. The highest BCUT2D eigenvalue weighted by Gasteiger charge is 2.67. The Morgan fingerprint density at radius 3 is 2.62 bits per heavy atom. The molecule has 4 aliphatic carbocycles. The summed E-state index contributed by atoms with van der Waals surface area (Å²) in [4.78, 5) is 19.6. The van der Waals surface area contributed by atoms with Crippen molar-refractivity contribution in [3.05, 3.63) is 41.3 Å². The summed E-state index contributed by atoms with van der Waals surface area (Å²) in [7, 11) is 4.06. The van der Waals surface area contributed by atoms with Crippen LogP contribution < -0.4 is 10.6 Å². The van der Waals surface area contributed by atoms with Gasteiger partial charge in [-0.2, -0.15) is 0 Å². The van der Waals surface area contributed by atoms with Crippen LogP contribution in [0.2, 0.25) is 0 Å². The summed E-state index contributed by atoms with van der Waals surface area (Å²) in [6, 6.07) is 2.22. The van der Waals surface area contributed by atoms with Gasteiger partial charge in [-0.1, -0.05) is 45.9 Å². The lowest BCUT2D eigenvalue weighted by Crippen LogP contribution is -2.65. The highest BCUT2D eigenvalue weighted by atomic mass is 16.3. The van der Waals surface area contributed by atoms with Crippen LogP contribution in [0, 0.1) is 34.5 Å². The Morgan fingerprint density at radius 2 is 1.88 bits per heavy atom. The SMILES string of the molecule is Cc1c2c(cc3ncoc13)C1=CC[C@@]3(C)[C@@H]4C[C@](C)(NC(=O)NCCN(C)C)CC[C@]4(C)CC[C@]3(C)[C@]1(C)C=C2. The van der Waals surface area contributed by atoms with Crippen LogP contribution in [0.4, 0.5) is 4.79 Å². The minimum Gasteiger partial charge on any atom is -0.443 e. The van der Waals surface area contributed by atoms with E-state index in [1.807, 2.05) is 14.1 Å². The number of aryl methyl sites for hydroxylation is 1. The molecule has 6 atom stereocenters. The van der Waals surface area contributed by atoms with Crippen molar-refractivity contribution in [3.8, 4) is 0 Å². The van der Waals surface area contributed by atoms with Crippen LogP contribution in [-0.4, -0.2) is 48.6 Å². The van der Waals surface area contributed by atoms with E-state index in [0.29, 0.717) is 12.5 Å². The van der Waals surface area contributed by atoms with E-state index in [1.165, 1.54) is 35.1 Å². The molecule has 4 aliphatic rings. The molecule has 40 heavy (non-hydrogen) atoms. The molecule has 1 aromatic heterocycles. The number of carbonyl (C=O) groups is 1. The molecular formula is C34H48N4O2. The molecular weight excluding hydrogens is 496 g/mol. The quantitative estimate of drug-likeness (QED) is 0.427. The number of benzene rings is 1. The molecule has 0 spiro atoms. The number of nitrogens with zero attached hydrogens (tertiary/aromatic N) is 2. The maximum absolute atomic E-state index is 12.9. The summed E-state index contributed by atoms with van der Waals surface area (Å²) in [5.74, 6) is 0.517. The fourth-order valence-electron chi connectivity index (χ4n) is 9.43. The van der Waals surface area contributed by atoms with Crippen LogP contribution >= 0.6 is 0 Å². The predicted octanol–water partition coefficient (Wildman–Crippen LogP) is 7.19. The number of nitrogens with one attached hydrogen (secondary N) is 2. The maximum Gasteiger partial charge on any atom is 0.315 e. The summed E-state index contributed by atoms with van der Waals surface area (Å²) in [6.07, 6.45) is 15.7. The Hall–Kier alpha value is -2.60. The number of carbonyl (C=O) groups excluding carboxylic acids is 1. The van der Waals surface area contributed by atoms with Gasteiger partial charge in [0, 0.05) is 29.6 Å². The number of aromatic nitrogens is 1. The molecule has 2 saturated carbocycles. The van der Waals surface area contributed by atoms with E-state index in [0.717, 1.165) is 43.3 Å². The van der Waals surface area contributed by atoms with Gasteiger partial charge < -0.3 is 20.0 Å². The average molecular weight is 545 g/mol. The zero-order valence-corrected chi connectivity index (χ0v) is 25.8. The van der Waals surface area contributed by atoms with Crippen molar-refractivity contribution in [1.82, 2.24) is 20.5 Å². The van der Waals surface area contributed by atoms with E-state index in [2.05, 4.69) is 86.4 Å². The highest BCUT2D eigenvalue weighted by molar-refractivity contribution is 5.93. The summed E-state index contributed by atoms with van der Waals surface area (Å²) < 4.78 is 5.75. The van der Waals surface area contributed by atoms with Crippen molar-refractivity contribution in [3.63, 3.8) is 0 Å². The second-order valence-electron chi connectivity index (χ2n) is 14.9. The normalized spacial score (nSPS) is 38.2. The van der Waals surface area contributed by atoms with Crippen LogP contribution in [0.15, 0.2) is 29.0 Å². The minimum atomic E-state index is -0.205. The van der Waals surface area contributed by atoms with Crippen LogP contribution in [0.3, 0.4) is 0 Å². The van der Waals surface area contributed by atoms with Crippen molar-refractivity contribution >= 4 is 28.8 Å². The third-order valence-corrected chi connectivity index (χ3v) is 12.4. The molecule has 1 aromatic carbocycles. The Kier molecular flexibility index (Phi) is 6.17. The molecule has 0 unspecified atom stereocenters. The van der Waals surface area contributed by atoms with Gasteiger partial charge in [0.25, 0.3) is 0 Å². The lowest BCUT2D eigenvalue weighted by molar-refractivity contribution is -0.171. The van der Waals surface area contributed by atoms with Gasteiger partial charge in [-0.3, -0.25) is 0 Å². The van der Waals surface area contributed by atoms with E-state index in [1.54, 1.807) is 6.39 Å². The largest absolute Gasteiger partial charge is 0.443 e. The molecule has 6 nitrogen and oxygen atoms in total. The third kappa shape index (κ3) is 3.77. The Bertz CT molecular complexity index is 1420. The fourth-order valence-corrected chi connectivity index (χ4v) is 9.43. The van der Waals surface area contributed by atoms with E-state index < -0.39 is 0 Å². The molecule has 6 heteroatoms. The van der Waals surface area contributed by atoms with Crippen molar-refractivity contribution in [2.45, 2.75) is 85.6 Å². The van der Waals surface area contributed by atoms with Crippen LogP contribution in [-0.2, 0) is 0 Å². The molecule has 6 rings (SSSR count). The summed E-state index contributed by atoms with van der Waals surface area (Å²) in [5, 5.41) is 6.52. The molecule has 0 bridgehead atoms. The molecule has 0 aliphatic heterocycles. The predicted molar refractivity (Wildman–Crippen MR) is 163 cm³/mol. The highest BCUT2D eigenvalue weighted by Crippen LogP contribution is 2.75. The van der Waals surface area contributed by atoms with E-state index in [9.17, 15) is 4.79 Å². The first-order chi connectivity index (χ1) is 18.8. The van der Waals surface area contributed by atoms with Gasteiger partial charge >= 0.3 is 6.03 Å². The fraction of sp³-hybridized carbons (Fsp3) is 0.647. The van der Waals surface area contributed by atoms with Crippen molar-refractivity contribution in [1.29, 1.82) is 0 Å². The van der Waals surface area contributed by atoms with Gasteiger partial charge in [0.2, 0.25) is 0 Å². The van der Waals surface area contributed by atoms with Crippen LogP contribution in [0.25, 0.3) is 22.7 Å². The average Bonchev–Trinajstić information content (AvgIpc) is 3.36. The van der Waals surface area contributed by atoms with Gasteiger partial charge in [-0.05, 0) is 111 Å². The topological polar surface area (TPSA) is 70.4 Å².